The van der Waals surface area contributed by atoms with Crippen LogP contribution in [-0.2, 0) is 4.74 Å². The van der Waals surface area contributed by atoms with E-state index in [2.05, 4.69) is 20.3 Å². The Hall–Kier alpha value is -1.21. The minimum absolute atomic E-state index is 0.0232. The lowest BCUT2D eigenvalue weighted by Crippen LogP contribution is -2.15. The Kier molecular flexibility index (Phi) is 3.42. The van der Waals surface area contributed by atoms with Crippen LogP contribution >= 0.6 is 11.3 Å². The third kappa shape index (κ3) is 2.81. The van der Waals surface area contributed by atoms with Gasteiger partial charge in [0, 0.05) is 0 Å². The Morgan fingerprint density at radius 3 is 3.25 bits per heavy atom. The molecule has 1 heterocycles. The van der Waals surface area contributed by atoms with Crippen LogP contribution in [-0.4, -0.2) is 34.6 Å². The minimum Gasteiger partial charge on any atom is -0.447 e. The number of rotatable bonds is 3. The molecule has 1 amide bonds. The fourth-order valence-corrected chi connectivity index (χ4v) is 0.920. The zero-order chi connectivity index (χ0) is 8.81. The van der Waals surface area contributed by atoms with Crippen LogP contribution < -0.4 is 5.32 Å². The maximum atomic E-state index is 10.8. The molecule has 0 bridgehead atoms. The number of aliphatic hydroxyl groups excluding tert-OH is 1. The summed E-state index contributed by atoms with van der Waals surface area (Å²) in [6.45, 7) is -0.214. The van der Waals surface area contributed by atoms with Crippen molar-refractivity contribution in [3.8, 4) is 0 Å². The molecule has 0 unspecified atom stereocenters. The number of amides is 1. The number of carbonyl (C=O) groups excluding carboxylic acids is 1. The van der Waals surface area contributed by atoms with Gasteiger partial charge in [-0.25, -0.2) is 4.79 Å². The normalized spacial score (nSPS) is 9.42. The van der Waals surface area contributed by atoms with Gasteiger partial charge >= 0.3 is 6.09 Å². The van der Waals surface area contributed by atoms with Gasteiger partial charge in [-0.2, -0.15) is 0 Å². The molecule has 6 nitrogen and oxygen atoms in total. The monoisotopic (exact) mass is 189 g/mol. The average molecular weight is 189 g/mol. The molecule has 0 saturated carbocycles. The molecule has 1 rings (SSSR count). The largest absolute Gasteiger partial charge is 0.447 e. The van der Waals surface area contributed by atoms with Crippen molar-refractivity contribution in [2.75, 3.05) is 18.5 Å². The van der Waals surface area contributed by atoms with E-state index in [0.717, 1.165) is 0 Å². The van der Waals surface area contributed by atoms with Crippen molar-refractivity contribution >= 4 is 22.6 Å². The van der Waals surface area contributed by atoms with E-state index in [1.165, 1.54) is 16.8 Å². The first-order valence-corrected chi connectivity index (χ1v) is 4.01. The van der Waals surface area contributed by atoms with Crippen molar-refractivity contribution in [1.29, 1.82) is 0 Å². The van der Waals surface area contributed by atoms with E-state index >= 15 is 0 Å². The first-order chi connectivity index (χ1) is 5.83. The van der Waals surface area contributed by atoms with E-state index in [1.807, 2.05) is 0 Å². The number of aromatic nitrogens is 2. The van der Waals surface area contributed by atoms with Crippen LogP contribution in [0.1, 0.15) is 0 Å². The van der Waals surface area contributed by atoms with Crippen molar-refractivity contribution in [2.45, 2.75) is 0 Å². The molecule has 0 aliphatic heterocycles. The van der Waals surface area contributed by atoms with Crippen molar-refractivity contribution in [2.24, 2.45) is 0 Å². The molecular weight excluding hydrogens is 182 g/mol. The van der Waals surface area contributed by atoms with Crippen LogP contribution in [0.25, 0.3) is 0 Å². The maximum Gasteiger partial charge on any atom is 0.413 e. The highest BCUT2D eigenvalue weighted by Gasteiger charge is 2.03. The Bertz CT molecular complexity index is 238. The van der Waals surface area contributed by atoms with Gasteiger partial charge < -0.3 is 9.84 Å². The van der Waals surface area contributed by atoms with Gasteiger partial charge in [-0.3, -0.25) is 5.32 Å². The summed E-state index contributed by atoms with van der Waals surface area (Å²) in [7, 11) is 0. The van der Waals surface area contributed by atoms with E-state index in [1.54, 1.807) is 0 Å². The van der Waals surface area contributed by atoms with Gasteiger partial charge in [-0.1, -0.05) is 11.3 Å². The second-order valence-electron chi connectivity index (χ2n) is 1.73. The third-order valence-corrected chi connectivity index (χ3v) is 1.50. The first kappa shape index (κ1) is 8.88. The lowest BCUT2D eigenvalue weighted by molar-refractivity contribution is 0.131. The number of carbonyl (C=O) groups is 1. The highest BCUT2D eigenvalue weighted by Crippen LogP contribution is 2.07. The third-order valence-electron chi connectivity index (χ3n) is 0.893. The van der Waals surface area contributed by atoms with E-state index in [-0.39, 0.29) is 13.2 Å². The highest BCUT2D eigenvalue weighted by atomic mass is 32.1. The van der Waals surface area contributed by atoms with Crippen molar-refractivity contribution < 1.29 is 14.6 Å². The van der Waals surface area contributed by atoms with Crippen LogP contribution in [0.4, 0.5) is 9.93 Å². The van der Waals surface area contributed by atoms with Crippen molar-refractivity contribution in [3.05, 3.63) is 5.51 Å². The number of hydrogen-bond donors (Lipinski definition) is 2. The van der Waals surface area contributed by atoms with Crippen LogP contribution in [0.15, 0.2) is 5.51 Å². The topological polar surface area (TPSA) is 84.3 Å². The van der Waals surface area contributed by atoms with Crippen LogP contribution in [0.5, 0.6) is 0 Å². The summed E-state index contributed by atoms with van der Waals surface area (Å²) >= 11 is 1.19. The quantitative estimate of drug-likeness (QED) is 0.703. The molecule has 0 saturated heterocycles. The van der Waals surface area contributed by atoms with E-state index in [4.69, 9.17) is 5.11 Å². The maximum absolute atomic E-state index is 10.8. The first-order valence-electron chi connectivity index (χ1n) is 3.13. The molecule has 1 aromatic rings. The van der Waals surface area contributed by atoms with Crippen LogP contribution in [0.2, 0.25) is 0 Å². The lowest BCUT2D eigenvalue weighted by Gasteiger charge is -2.00. The van der Waals surface area contributed by atoms with Gasteiger partial charge in [0.05, 0.1) is 6.61 Å². The fourth-order valence-electron chi connectivity index (χ4n) is 0.489. The second-order valence-corrected chi connectivity index (χ2v) is 2.56. The molecule has 7 heteroatoms. The lowest BCUT2D eigenvalue weighted by atomic mass is 10.8. The number of nitrogens with zero attached hydrogens (tertiary/aromatic N) is 2. The van der Waals surface area contributed by atoms with Gasteiger partial charge in [0.15, 0.2) is 0 Å². The standard InChI is InChI=1S/C5H7N3O3S/c9-1-2-11-5(10)7-4-8-6-3-12-4/h3,9H,1-2H2,(H,7,8,10). The molecule has 66 valence electrons. The van der Waals surface area contributed by atoms with Gasteiger partial charge in [-0.15, -0.1) is 10.2 Å². The summed E-state index contributed by atoms with van der Waals surface area (Å²) in [4.78, 5) is 10.8. The Morgan fingerprint density at radius 1 is 1.83 bits per heavy atom. The van der Waals surface area contributed by atoms with Crippen LogP contribution in [0, 0.1) is 0 Å². The molecule has 2 N–H and O–H groups in total. The Morgan fingerprint density at radius 2 is 2.67 bits per heavy atom. The number of nitrogens with one attached hydrogen (secondary N) is 1. The number of anilines is 1. The average Bonchev–Trinajstić information content (AvgIpc) is 2.53. The molecular formula is C5H7N3O3S. The minimum atomic E-state index is -0.638. The molecule has 0 radical (unpaired) electrons. The zero-order valence-electron chi connectivity index (χ0n) is 6.06. The zero-order valence-corrected chi connectivity index (χ0v) is 6.87. The molecule has 0 atom stereocenters. The van der Waals surface area contributed by atoms with E-state index < -0.39 is 6.09 Å². The van der Waals surface area contributed by atoms with Gasteiger partial charge in [0.1, 0.15) is 12.1 Å². The molecule has 0 fully saturated rings. The SMILES string of the molecule is O=C(Nc1nncs1)OCCO. The molecule has 0 aromatic carbocycles. The second kappa shape index (κ2) is 4.62. The van der Waals surface area contributed by atoms with Crippen LogP contribution in [0.3, 0.4) is 0 Å². The smallest absolute Gasteiger partial charge is 0.413 e. The van der Waals surface area contributed by atoms with Crippen molar-refractivity contribution in [3.63, 3.8) is 0 Å². The summed E-state index contributed by atoms with van der Waals surface area (Å²) < 4.78 is 4.50. The van der Waals surface area contributed by atoms with E-state index in [9.17, 15) is 4.79 Å². The van der Waals surface area contributed by atoms with Gasteiger partial charge in [0.2, 0.25) is 5.13 Å². The molecule has 0 spiro atoms. The molecule has 0 aliphatic carbocycles. The summed E-state index contributed by atoms with van der Waals surface area (Å²) in [5.41, 5.74) is 1.49. The van der Waals surface area contributed by atoms with Crippen molar-refractivity contribution in [1.82, 2.24) is 10.2 Å². The Balaban J connectivity index is 2.27. The predicted molar refractivity (Wildman–Crippen MR) is 42.0 cm³/mol. The fraction of sp³-hybridized carbons (Fsp3) is 0.400. The molecule has 12 heavy (non-hydrogen) atoms. The highest BCUT2D eigenvalue weighted by molar-refractivity contribution is 7.13. The summed E-state index contributed by atoms with van der Waals surface area (Å²) in [6, 6.07) is 0. The Labute approximate surface area is 72.2 Å². The van der Waals surface area contributed by atoms with E-state index in [0.29, 0.717) is 5.13 Å². The number of hydrogen-bond acceptors (Lipinski definition) is 6. The summed E-state index contributed by atoms with van der Waals surface area (Å²) in [6.07, 6.45) is -0.638. The number of aliphatic hydroxyl groups is 1. The number of ether oxygens (including phenoxy) is 1. The predicted octanol–water partition coefficient (Wildman–Crippen LogP) is 0.0789. The molecule has 1 aromatic heterocycles. The molecule has 0 aliphatic rings. The van der Waals surface area contributed by atoms with Gasteiger partial charge in [-0.05, 0) is 0 Å². The van der Waals surface area contributed by atoms with Gasteiger partial charge in [0.25, 0.3) is 0 Å². The summed E-state index contributed by atoms with van der Waals surface area (Å²) in [5, 5.41) is 18.1. The summed E-state index contributed by atoms with van der Waals surface area (Å²) in [5.74, 6) is 0.